The summed E-state index contributed by atoms with van der Waals surface area (Å²) in [5.41, 5.74) is 0. The standard InChI is InChI=1S/C16H28N2O3/c1-12-7-3-2-4-9-14(12)17-16(21)18-10-6-5-8-13(18)11-15(19)20/h12-14H,2-11H2,1H3,(H,17,21)(H,19,20). The van der Waals surface area contributed by atoms with Crippen LogP contribution in [0.4, 0.5) is 4.79 Å². The van der Waals surface area contributed by atoms with Crippen LogP contribution in [0.15, 0.2) is 0 Å². The highest BCUT2D eigenvalue weighted by Crippen LogP contribution is 2.24. The summed E-state index contributed by atoms with van der Waals surface area (Å²) in [6.45, 7) is 2.89. The minimum Gasteiger partial charge on any atom is -0.481 e. The van der Waals surface area contributed by atoms with Crippen LogP contribution in [0.5, 0.6) is 0 Å². The van der Waals surface area contributed by atoms with Gasteiger partial charge in [0.15, 0.2) is 0 Å². The number of carbonyl (C=O) groups is 2. The average Bonchev–Trinajstić information content (AvgIpc) is 2.64. The number of carbonyl (C=O) groups excluding carboxylic acids is 1. The molecular formula is C16H28N2O3. The van der Waals surface area contributed by atoms with E-state index in [4.69, 9.17) is 5.11 Å². The van der Waals surface area contributed by atoms with Crippen LogP contribution in [0.1, 0.15) is 64.7 Å². The fourth-order valence-corrected chi connectivity index (χ4v) is 3.63. The lowest BCUT2D eigenvalue weighted by Gasteiger charge is -2.36. The summed E-state index contributed by atoms with van der Waals surface area (Å²) in [7, 11) is 0. The number of aliphatic carboxylic acids is 1. The molecule has 0 aromatic heterocycles. The first-order valence-electron chi connectivity index (χ1n) is 8.37. The molecule has 0 aromatic rings. The van der Waals surface area contributed by atoms with E-state index in [9.17, 15) is 9.59 Å². The van der Waals surface area contributed by atoms with Gasteiger partial charge in [0.05, 0.1) is 6.42 Å². The number of piperidine rings is 1. The van der Waals surface area contributed by atoms with Gasteiger partial charge in [-0.1, -0.05) is 26.2 Å². The van der Waals surface area contributed by atoms with E-state index in [2.05, 4.69) is 12.2 Å². The first-order chi connectivity index (χ1) is 10.1. The molecule has 2 N–H and O–H groups in total. The fourth-order valence-electron chi connectivity index (χ4n) is 3.63. The highest BCUT2D eigenvalue weighted by molar-refractivity contribution is 5.76. The molecule has 0 bridgehead atoms. The van der Waals surface area contributed by atoms with Crippen molar-refractivity contribution in [1.82, 2.24) is 10.2 Å². The number of carboxylic acids is 1. The van der Waals surface area contributed by atoms with E-state index in [1.165, 1.54) is 25.7 Å². The summed E-state index contributed by atoms with van der Waals surface area (Å²) in [6, 6.07) is 0.0458. The predicted octanol–water partition coefficient (Wildman–Crippen LogP) is 2.99. The molecule has 5 heteroatoms. The van der Waals surface area contributed by atoms with Gasteiger partial charge in [0.2, 0.25) is 0 Å². The summed E-state index contributed by atoms with van der Waals surface area (Å²) in [4.78, 5) is 25.3. The minimum absolute atomic E-state index is 0.0558. The largest absolute Gasteiger partial charge is 0.481 e. The van der Waals surface area contributed by atoms with E-state index in [0.29, 0.717) is 12.5 Å². The highest BCUT2D eigenvalue weighted by Gasteiger charge is 2.30. The van der Waals surface area contributed by atoms with Crippen molar-refractivity contribution in [1.29, 1.82) is 0 Å². The molecule has 0 radical (unpaired) electrons. The second kappa shape index (κ2) is 7.66. The van der Waals surface area contributed by atoms with Gasteiger partial charge in [-0.25, -0.2) is 4.79 Å². The second-order valence-corrected chi connectivity index (χ2v) is 6.61. The maximum absolute atomic E-state index is 12.5. The molecule has 1 aliphatic heterocycles. The first kappa shape index (κ1) is 16.1. The Hall–Kier alpha value is -1.26. The smallest absolute Gasteiger partial charge is 0.317 e. The van der Waals surface area contributed by atoms with Gasteiger partial charge < -0.3 is 15.3 Å². The zero-order chi connectivity index (χ0) is 15.2. The van der Waals surface area contributed by atoms with Gasteiger partial charge in [0, 0.05) is 18.6 Å². The van der Waals surface area contributed by atoms with Crippen LogP contribution in [-0.2, 0) is 4.79 Å². The third kappa shape index (κ3) is 4.61. The molecule has 3 unspecified atom stereocenters. The van der Waals surface area contributed by atoms with Crippen molar-refractivity contribution < 1.29 is 14.7 Å². The summed E-state index contributed by atoms with van der Waals surface area (Å²) >= 11 is 0. The SMILES string of the molecule is CC1CCCCCC1NC(=O)N1CCCCC1CC(=O)O. The van der Waals surface area contributed by atoms with Gasteiger partial charge in [0.1, 0.15) is 0 Å². The van der Waals surface area contributed by atoms with Gasteiger partial charge >= 0.3 is 12.0 Å². The van der Waals surface area contributed by atoms with E-state index in [-0.39, 0.29) is 24.5 Å². The number of likely N-dealkylation sites (tertiary alicyclic amines) is 1. The van der Waals surface area contributed by atoms with Crippen molar-refractivity contribution in [2.45, 2.75) is 76.8 Å². The van der Waals surface area contributed by atoms with E-state index < -0.39 is 5.97 Å². The molecular weight excluding hydrogens is 268 g/mol. The fraction of sp³-hybridized carbons (Fsp3) is 0.875. The molecule has 1 saturated carbocycles. The maximum Gasteiger partial charge on any atom is 0.317 e. The maximum atomic E-state index is 12.5. The summed E-state index contributed by atoms with van der Waals surface area (Å²) < 4.78 is 0. The lowest BCUT2D eigenvalue weighted by molar-refractivity contribution is -0.138. The zero-order valence-electron chi connectivity index (χ0n) is 13.0. The predicted molar refractivity (Wildman–Crippen MR) is 81.2 cm³/mol. The van der Waals surface area contributed by atoms with E-state index >= 15 is 0 Å². The first-order valence-corrected chi connectivity index (χ1v) is 8.37. The second-order valence-electron chi connectivity index (χ2n) is 6.61. The molecule has 0 aromatic carbocycles. The molecule has 2 amide bonds. The van der Waals surface area contributed by atoms with Crippen molar-refractivity contribution in [3.8, 4) is 0 Å². The van der Waals surface area contributed by atoms with Crippen molar-refractivity contribution in [2.75, 3.05) is 6.54 Å². The third-order valence-electron chi connectivity index (χ3n) is 4.97. The monoisotopic (exact) mass is 296 g/mol. The van der Waals surface area contributed by atoms with E-state index in [0.717, 1.165) is 25.7 Å². The summed E-state index contributed by atoms with van der Waals surface area (Å²) in [5.74, 6) is -0.304. The Morgan fingerprint density at radius 2 is 1.81 bits per heavy atom. The summed E-state index contributed by atoms with van der Waals surface area (Å²) in [5, 5.41) is 12.2. The lowest BCUT2D eigenvalue weighted by atomic mass is 9.96. The van der Waals surface area contributed by atoms with Crippen LogP contribution in [0.3, 0.4) is 0 Å². The van der Waals surface area contributed by atoms with Gasteiger partial charge in [0.25, 0.3) is 0 Å². The number of hydrogen-bond acceptors (Lipinski definition) is 2. The quantitative estimate of drug-likeness (QED) is 0.787. The number of nitrogens with zero attached hydrogens (tertiary/aromatic N) is 1. The Morgan fingerprint density at radius 3 is 2.57 bits per heavy atom. The average molecular weight is 296 g/mol. The molecule has 2 fully saturated rings. The molecule has 0 spiro atoms. The number of hydrogen-bond donors (Lipinski definition) is 2. The third-order valence-corrected chi connectivity index (χ3v) is 4.97. The molecule has 2 aliphatic rings. The van der Waals surface area contributed by atoms with Crippen molar-refractivity contribution >= 4 is 12.0 Å². The van der Waals surface area contributed by atoms with E-state index in [1.54, 1.807) is 4.90 Å². The molecule has 5 nitrogen and oxygen atoms in total. The topological polar surface area (TPSA) is 69.6 Å². The number of carboxylic acid groups (broad SMARTS) is 1. The Bertz CT molecular complexity index is 373. The number of amides is 2. The Labute approximate surface area is 127 Å². The summed E-state index contributed by atoms with van der Waals surface area (Å²) in [6.07, 6.45) is 8.75. The van der Waals surface area contributed by atoms with Gasteiger partial charge in [-0.3, -0.25) is 4.79 Å². The molecule has 21 heavy (non-hydrogen) atoms. The molecule has 1 heterocycles. The van der Waals surface area contributed by atoms with Crippen molar-refractivity contribution in [3.63, 3.8) is 0 Å². The van der Waals surface area contributed by atoms with Crippen LogP contribution in [0.25, 0.3) is 0 Å². The highest BCUT2D eigenvalue weighted by atomic mass is 16.4. The Balaban J connectivity index is 1.94. The molecule has 3 atom stereocenters. The number of rotatable bonds is 3. The Morgan fingerprint density at radius 1 is 1.10 bits per heavy atom. The molecule has 1 aliphatic carbocycles. The molecule has 1 saturated heterocycles. The van der Waals surface area contributed by atoms with Crippen LogP contribution in [0.2, 0.25) is 0 Å². The van der Waals surface area contributed by atoms with Crippen molar-refractivity contribution in [2.24, 2.45) is 5.92 Å². The molecule has 120 valence electrons. The van der Waals surface area contributed by atoms with E-state index in [1.807, 2.05) is 0 Å². The normalized spacial score (nSPS) is 30.5. The van der Waals surface area contributed by atoms with Crippen LogP contribution >= 0.6 is 0 Å². The van der Waals surface area contributed by atoms with Crippen LogP contribution in [0, 0.1) is 5.92 Å². The Kier molecular flexibility index (Phi) is 5.88. The number of urea groups is 1. The lowest BCUT2D eigenvalue weighted by Crippen LogP contribution is -2.52. The zero-order valence-corrected chi connectivity index (χ0v) is 13.0. The number of nitrogens with one attached hydrogen (secondary N) is 1. The van der Waals surface area contributed by atoms with Crippen LogP contribution in [-0.4, -0.2) is 40.6 Å². The van der Waals surface area contributed by atoms with Crippen LogP contribution < -0.4 is 5.32 Å². The molecule has 2 rings (SSSR count). The van der Waals surface area contributed by atoms with Gasteiger partial charge in [-0.2, -0.15) is 0 Å². The van der Waals surface area contributed by atoms with Gasteiger partial charge in [-0.15, -0.1) is 0 Å². The van der Waals surface area contributed by atoms with Crippen molar-refractivity contribution in [3.05, 3.63) is 0 Å². The van der Waals surface area contributed by atoms with Gasteiger partial charge in [-0.05, 0) is 38.0 Å². The minimum atomic E-state index is -0.817.